The number of anilines is 1. The second-order valence-corrected chi connectivity index (χ2v) is 6.70. The van der Waals surface area contributed by atoms with Gasteiger partial charge < -0.3 is 9.73 Å². The van der Waals surface area contributed by atoms with E-state index >= 15 is 0 Å². The minimum absolute atomic E-state index is 0.0904. The molecule has 8 nitrogen and oxygen atoms in total. The molecule has 4 aromatic rings. The molecule has 0 spiro atoms. The van der Waals surface area contributed by atoms with Crippen molar-refractivity contribution in [2.45, 2.75) is 19.8 Å². The summed E-state index contributed by atoms with van der Waals surface area (Å²) in [7, 11) is 0. The number of carbonyl (C=O) groups excluding carboxylic acids is 1. The molecule has 2 N–H and O–H groups in total. The van der Waals surface area contributed by atoms with Gasteiger partial charge in [0.1, 0.15) is 11.5 Å². The van der Waals surface area contributed by atoms with Crippen LogP contribution in [0.1, 0.15) is 29.4 Å². The predicted octanol–water partition coefficient (Wildman–Crippen LogP) is 3.70. The fourth-order valence-electron chi connectivity index (χ4n) is 2.98. The summed E-state index contributed by atoms with van der Waals surface area (Å²) in [6.45, 7) is 1.96. The maximum Gasteiger partial charge on any atom is 0.256 e. The number of furan rings is 1. The van der Waals surface area contributed by atoms with E-state index in [-0.39, 0.29) is 22.9 Å². The van der Waals surface area contributed by atoms with E-state index in [1.54, 1.807) is 12.1 Å². The van der Waals surface area contributed by atoms with Gasteiger partial charge in [-0.15, -0.1) is 0 Å². The van der Waals surface area contributed by atoms with Crippen LogP contribution in [-0.4, -0.2) is 25.7 Å². The van der Waals surface area contributed by atoms with Crippen LogP contribution in [0.15, 0.2) is 57.9 Å². The number of nitrogens with zero attached hydrogens (tertiary/aromatic N) is 3. The van der Waals surface area contributed by atoms with Crippen LogP contribution in [0.5, 0.6) is 0 Å². The van der Waals surface area contributed by atoms with Crippen LogP contribution in [-0.2, 0) is 6.42 Å². The van der Waals surface area contributed by atoms with E-state index < -0.39 is 17.5 Å². The summed E-state index contributed by atoms with van der Waals surface area (Å²) in [6.07, 6.45) is 2.84. The Morgan fingerprint density at radius 2 is 2.03 bits per heavy atom. The van der Waals surface area contributed by atoms with Crippen molar-refractivity contribution in [1.82, 2.24) is 19.7 Å². The highest BCUT2D eigenvalue weighted by Gasteiger charge is 2.18. The summed E-state index contributed by atoms with van der Waals surface area (Å²) in [5.74, 6) is -2.23. The van der Waals surface area contributed by atoms with Gasteiger partial charge in [-0.05, 0) is 36.8 Å². The Labute approximate surface area is 174 Å². The Balaban J connectivity index is 1.77. The molecule has 1 aromatic carbocycles. The van der Waals surface area contributed by atoms with Gasteiger partial charge in [-0.2, -0.15) is 9.78 Å². The molecule has 0 saturated heterocycles. The van der Waals surface area contributed by atoms with Gasteiger partial charge in [0.25, 0.3) is 11.5 Å². The largest absolute Gasteiger partial charge is 0.463 e. The predicted molar refractivity (Wildman–Crippen MR) is 108 cm³/mol. The fraction of sp³-hybridized carbons (Fsp3) is 0.143. The number of amides is 1. The molecule has 3 aromatic heterocycles. The molecule has 0 unspecified atom stereocenters. The number of H-pyrrole nitrogens is 1. The fourth-order valence-corrected chi connectivity index (χ4v) is 2.98. The van der Waals surface area contributed by atoms with E-state index in [1.165, 1.54) is 23.1 Å². The molecule has 4 rings (SSSR count). The Hall–Kier alpha value is -4.08. The molecule has 0 aliphatic rings. The molecule has 31 heavy (non-hydrogen) atoms. The molecular weight excluding hydrogens is 408 g/mol. The van der Waals surface area contributed by atoms with Crippen LogP contribution >= 0.6 is 0 Å². The van der Waals surface area contributed by atoms with Crippen molar-refractivity contribution in [2.24, 2.45) is 0 Å². The van der Waals surface area contributed by atoms with Crippen LogP contribution in [0, 0.1) is 11.6 Å². The number of benzene rings is 1. The topological polar surface area (TPSA) is 106 Å². The van der Waals surface area contributed by atoms with Crippen molar-refractivity contribution in [3.8, 4) is 17.4 Å². The molecule has 10 heteroatoms. The summed E-state index contributed by atoms with van der Waals surface area (Å²) >= 11 is 0. The van der Waals surface area contributed by atoms with E-state index in [1.807, 2.05) is 6.92 Å². The standard InChI is InChI=1S/C21H17F2N5O3/c1-2-4-13-10-19(29)26-21(24-13)28-18(11-16(27-28)17-5-3-8-31-17)25-20(30)12-6-7-14(22)15(23)9-12/h3,5-11H,2,4H2,1H3,(H,25,30)(H,24,26,29). The number of hydrogen-bond donors (Lipinski definition) is 2. The average Bonchev–Trinajstić information content (AvgIpc) is 3.40. The molecule has 0 aliphatic carbocycles. The van der Waals surface area contributed by atoms with Gasteiger partial charge in [0.05, 0.1) is 6.26 Å². The number of aromatic nitrogens is 4. The smallest absolute Gasteiger partial charge is 0.256 e. The number of rotatable bonds is 6. The molecule has 158 valence electrons. The highest BCUT2D eigenvalue weighted by Crippen LogP contribution is 2.24. The minimum Gasteiger partial charge on any atom is -0.463 e. The lowest BCUT2D eigenvalue weighted by molar-refractivity contribution is 0.102. The van der Waals surface area contributed by atoms with Gasteiger partial charge >= 0.3 is 0 Å². The lowest BCUT2D eigenvalue weighted by atomic mass is 10.2. The highest BCUT2D eigenvalue weighted by molar-refractivity contribution is 6.04. The Morgan fingerprint density at radius 3 is 2.74 bits per heavy atom. The zero-order chi connectivity index (χ0) is 22.0. The van der Waals surface area contributed by atoms with Crippen LogP contribution in [0.3, 0.4) is 0 Å². The van der Waals surface area contributed by atoms with Crippen molar-refractivity contribution < 1.29 is 18.0 Å². The van der Waals surface area contributed by atoms with Crippen molar-refractivity contribution in [3.05, 3.63) is 82.0 Å². The van der Waals surface area contributed by atoms with Crippen molar-refractivity contribution >= 4 is 11.7 Å². The van der Waals surface area contributed by atoms with E-state index in [2.05, 4.69) is 20.4 Å². The summed E-state index contributed by atoms with van der Waals surface area (Å²) < 4.78 is 33.3. The van der Waals surface area contributed by atoms with Gasteiger partial charge in [0.15, 0.2) is 17.4 Å². The maximum atomic E-state index is 13.5. The second-order valence-electron chi connectivity index (χ2n) is 6.70. The lowest BCUT2D eigenvalue weighted by Gasteiger charge is -2.09. The Morgan fingerprint density at radius 1 is 1.19 bits per heavy atom. The van der Waals surface area contributed by atoms with E-state index in [9.17, 15) is 18.4 Å². The molecule has 0 atom stereocenters. The molecule has 0 bridgehead atoms. The van der Waals surface area contributed by atoms with E-state index in [0.717, 1.165) is 24.6 Å². The lowest BCUT2D eigenvalue weighted by Crippen LogP contribution is -2.19. The van der Waals surface area contributed by atoms with Gasteiger partial charge in [0.2, 0.25) is 5.95 Å². The van der Waals surface area contributed by atoms with Crippen molar-refractivity contribution in [2.75, 3.05) is 5.32 Å². The first kappa shape index (κ1) is 20.2. The second kappa shape index (κ2) is 8.34. The highest BCUT2D eigenvalue weighted by atomic mass is 19.2. The molecule has 1 amide bonds. The maximum absolute atomic E-state index is 13.5. The quantitative estimate of drug-likeness (QED) is 0.490. The molecule has 0 aliphatic heterocycles. The van der Waals surface area contributed by atoms with Crippen LogP contribution in [0.2, 0.25) is 0 Å². The van der Waals surface area contributed by atoms with Gasteiger partial charge in [-0.3, -0.25) is 14.6 Å². The molecular formula is C21H17F2N5O3. The van der Waals surface area contributed by atoms with Crippen LogP contribution < -0.4 is 10.9 Å². The van der Waals surface area contributed by atoms with Crippen molar-refractivity contribution in [3.63, 3.8) is 0 Å². The van der Waals surface area contributed by atoms with Crippen LogP contribution in [0.4, 0.5) is 14.6 Å². The third kappa shape index (κ3) is 4.27. The summed E-state index contributed by atoms with van der Waals surface area (Å²) in [4.78, 5) is 31.7. The van der Waals surface area contributed by atoms with Gasteiger partial charge in [-0.1, -0.05) is 13.3 Å². The number of aromatic amines is 1. The summed E-state index contributed by atoms with van der Waals surface area (Å²) in [6, 6.07) is 9.08. The molecule has 0 radical (unpaired) electrons. The number of nitrogens with one attached hydrogen (secondary N) is 2. The SMILES string of the molecule is CCCc1cc(=O)[nH]c(-n2nc(-c3ccco3)cc2NC(=O)c2ccc(F)c(F)c2)n1. The normalized spacial score (nSPS) is 10.9. The summed E-state index contributed by atoms with van der Waals surface area (Å²) in [5.41, 5.74) is 0.470. The van der Waals surface area contributed by atoms with Gasteiger partial charge in [0, 0.05) is 23.4 Å². The first-order chi connectivity index (χ1) is 14.9. The molecule has 3 heterocycles. The van der Waals surface area contributed by atoms with E-state index in [0.29, 0.717) is 23.6 Å². The summed E-state index contributed by atoms with van der Waals surface area (Å²) in [5, 5.41) is 6.98. The minimum atomic E-state index is -1.14. The first-order valence-corrected chi connectivity index (χ1v) is 9.45. The molecule has 0 fully saturated rings. The number of hydrogen-bond acceptors (Lipinski definition) is 5. The third-order valence-corrected chi connectivity index (χ3v) is 4.40. The van der Waals surface area contributed by atoms with Crippen molar-refractivity contribution in [1.29, 1.82) is 0 Å². The van der Waals surface area contributed by atoms with Gasteiger partial charge in [-0.25, -0.2) is 13.8 Å². The zero-order valence-electron chi connectivity index (χ0n) is 16.4. The Bertz CT molecular complexity index is 1290. The van der Waals surface area contributed by atoms with E-state index in [4.69, 9.17) is 4.42 Å². The Kier molecular flexibility index (Phi) is 5.44. The zero-order valence-corrected chi connectivity index (χ0v) is 16.4. The van der Waals surface area contributed by atoms with Crippen LogP contribution in [0.25, 0.3) is 17.4 Å². The molecule has 0 saturated carbocycles. The number of halogens is 2. The third-order valence-electron chi connectivity index (χ3n) is 4.40. The number of carbonyl (C=O) groups is 1. The average molecular weight is 425 g/mol. The monoisotopic (exact) mass is 425 g/mol. The first-order valence-electron chi connectivity index (χ1n) is 9.45. The number of aryl methyl sites for hydroxylation is 1.